The van der Waals surface area contributed by atoms with E-state index in [0.717, 1.165) is 12.8 Å². The third-order valence-corrected chi connectivity index (χ3v) is 2.35. The van der Waals surface area contributed by atoms with Crippen molar-refractivity contribution in [2.45, 2.75) is 18.9 Å². The van der Waals surface area contributed by atoms with E-state index >= 15 is 0 Å². The SMILES string of the molecule is O=C(N/N=C\c1cccc(F)c1)C(=O)NC1CC1. The molecule has 94 valence electrons. The van der Waals surface area contributed by atoms with Crippen LogP contribution in [0, 0.1) is 5.82 Å². The molecule has 0 saturated heterocycles. The Balaban J connectivity index is 1.82. The first-order chi connectivity index (χ1) is 8.65. The molecule has 1 fully saturated rings. The number of hydrogen-bond acceptors (Lipinski definition) is 3. The number of nitrogens with zero attached hydrogens (tertiary/aromatic N) is 1. The Hall–Kier alpha value is -2.24. The summed E-state index contributed by atoms with van der Waals surface area (Å²) in [6, 6.07) is 5.84. The fraction of sp³-hybridized carbons (Fsp3) is 0.250. The Kier molecular flexibility index (Phi) is 3.66. The molecule has 1 saturated carbocycles. The molecular formula is C12H12FN3O2. The second-order valence-corrected chi connectivity index (χ2v) is 4.00. The van der Waals surface area contributed by atoms with Gasteiger partial charge in [0.25, 0.3) is 0 Å². The molecule has 1 aromatic carbocycles. The van der Waals surface area contributed by atoms with Crippen LogP contribution >= 0.6 is 0 Å². The zero-order valence-electron chi connectivity index (χ0n) is 9.52. The largest absolute Gasteiger partial charge is 0.345 e. The van der Waals surface area contributed by atoms with E-state index in [0.29, 0.717) is 5.56 Å². The standard InChI is InChI=1S/C12H12FN3O2/c13-9-3-1-2-8(6-9)7-14-16-12(18)11(17)15-10-4-5-10/h1-3,6-7,10H,4-5H2,(H,15,17)(H,16,18)/b14-7-. The summed E-state index contributed by atoms with van der Waals surface area (Å²) in [7, 11) is 0. The predicted octanol–water partition coefficient (Wildman–Crippen LogP) is 0.554. The quantitative estimate of drug-likeness (QED) is 0.466. The molecule has 2 rings (SSSR count). The maximum Gasteiger partial charge on any atom is 0.329 e. The number of carbonyl (C=O) groups excluding carboxylic acids is 2. The number of halogens is 1. The summed E-state index contributed by atoms with van der Waals surface area (Å²) in [5.74, 6) is -1.92. The molecular weight excluding hydrogens is 237 g/mol. The molecule has 2 N–H and O–H groups in total. The maximum absolute atomic E-state index is 12.8. The number of rotatable bonds is 3. The zero-order valence-corrected chi connectivity index (χ0v) is 9.52. The number of benzene rings is 1. The van der Waals surface area contributed by atoms with Crippen LogP contribution < -0.4 is 10.7 Å². The Labute approximate surface area is 103 Å². The van der Waals surface area contributed by atoms with Crippen molar-refractivity contribution in [3.63, 3.8) is 0 Å². The van der Waals surface area contributed by atoms with Crippen LogP contribution in [0.2, 0.25) is 0 Å². The van der Waals surface area contributed by atoms with Crippen LogP contribution in [0.4, 0.5) is 4.39 Å². The first kappa shape index (κ1) is 12.2. The van der Waals surface area contributed by atoms with Crippen LogP contribution in [0.25, 0.3) is 0 Å². The molecule has 0 unspecified atom stereocenters. The van der Waals surface area contributed by atoms with E-state index in [1.165, 1.54) is 24.4 Å². The second kappa shape index (κ2) is 5.39. The van der Waals surface area contributed by atoms with Gasteiger partial charge in [0.15, 0.2) is 0 Å². The monoisotopic (exact) mass is 249 g/mol. The average molecular weight is 249 g/mol. The lowest BCUT2D eigenvalue weighted by molar-refractivity contribution is -0.139. The van der Waals surface area contributed by atoms with E-state index in [9.17, 15) is 14.0 Å². The lowest BCUT2D eigenvalue weighted by Crippen LogP contribution is -2.38. The highest BCUT2D eigenvalue weighted by molar-refractivity contribution is 6.35. The molecule has 0 bridgehead atoms. The van der Waals surface area contributed by atoms with Gasteiger partial charge in [-0.15, -0.1) is 0 Å². The van der Waals surface area contributed by atoms with E-state index in [-0.39, 0.29) is 6.04 Å². The number of nitrogens with one attached hydrogen (secondary N) is 2. The summed E-state index contributed by atoms with van der Waals surface area (Å²) in [5.41, 5.74) is 2.58. The number of carbonyl (C=O) groups is 2. The number of hydrogen-bond donors (Lipinski definition) is 2. The zero-order chi connectivity index (χ0) is 13.0. The van der Waals surface area contributed by atoms with Gasteiger partial charge in [0.1, 0.15) is 5.82 Å². The molecule has 0 aromatic heterocycles. The first-order valence-corrected chi connectivity index (χ1v) is 5.54. The van der Waals surface area contributed by atoms with E-state index in [4.69, 9.17) is 0 Å². The Morgan fingerprint density at radius 1 is 1.33 bits per heavy atom. The molecule has 1 aliphatic carbocycles. The molecule has 0 spiro atoms. The Morgan fingerprint density at radius 3 is 2.78 bits per heavy atom. The highest BCUT2D eigenvalue weighted by Crippen LogP contribution is 2.18. The van der Waals surface area contributed by atoms with Crippen molar-refractivity contribution in [2.75, 3.05) is 0 Å². The van der Waals surface area contributed by atoms with Gasteiger partial charge in [-0.25, -0.2) is 9.82 Å². The van der Waals surface area contributed by atoms with Crippen molar-refractivity contribution in [2.24, 2.45) is 5.10 Å². The summed E-state index contributed by atoms with van der Waals surface area (Å²) in [5, 5.41) is 6.11. The van der Waals surface area contributed by atoms with Gasteiger partial charge >= 0.3 is 11.8 Å². The first-order valence-electron chi connectivity index (χ1n) is 5.54. The van der Waals surface area contributed by atoms with Crippen molar-refractivity contribution < 1.29 is 14.0 Å². The summed E-state index contributed by atoms with van der Waals surface area (Å²) < 4.78 is 12.8. The van der Waals surface area contributed by atoms with Crippen molar-refractivity contribution in [1.82, 2.24) is 10.7 Å². The van der Waals surface area contributed by atoms with Gasteiger partial charge in [-0.3, -0.25) is 9.59 Å². The molecule has 18 heavy (non-hydrogen) atoms. The molecule has 0 radical (unpaired) electrons. The van der Waals surface area contributed by atoms with Gasteiger partial charge in [-0.2, -0.15) is 5.10 Å². The summed E-state index contributed by atoms with van der Waals surface area (Å²) in [6.07, 6.45) is 3.09. The minimum Gasteiger partial charge on any atom is -0.345 e. The van der Waals surface area contributed by atoms with Gasteiger partial charge in [-0.1, -0.05) is 12.1 Å². The molecule has 0 atom stereocenters. The summed E-state index contributed by atoms with van der Waals surface area (Å²) in [4.78, 5) is 22.5. The van der Waals surface area contributed by atoms with E-state index in [1.807, 2.05) is 0 Å². The normalized spacial score (nSPS) is 14.5. The predicted molar refractivity (Wildman–Crippen MR) is 63.3 cm³/mol. The van der Waals surface area contributed by atoms with E-state index < -0.39 is 17.6 Å². The van der Waals surface area contributed by atoms with Crippen LogP contribution in [-0.2, 0) is 9.59 Å². The van der Waals surface area contributed by atoms with Crippen molar-refractivity contribution in [1.29, 1.82) is 0 Å². The third-order valence-electron chi connectivity index (χ3n) is 2.35. The molecule has 1 aromatic rings. The van der Waals surface area contributed by atoms with Crippen molar-refractivity contribution >= 4 is 18.0 Å². The highest BCUT2D eigenvalue weighted by atomic mass is 19.1. The Bertz CT molecular complexity index is 498. The minimum atomic E-state index is -0.824. The van der Waals surface area contributed by atoms with Crippen LogP contribution in [-0.4, -0.2) is 24.1 Å². The lowest BCUT2D eigenvalue weighted by atomic mass is 10.2. The molecule has 1 aliphatic rings. The summed E-state index contributed by atoms with van der Waals surface area (Å²) >= 11 is 0. The average Bonchev–Trinajstić information content (AvgIpc) is 3.13. The van der Waals surface area contributed by atoms with Crippen LogP contribution in [0.5, 0.6) is 0 Å². The number of hydrazone groups is 1. The topological polar surface area (TPSA) is 70.6 Å². The van der Waals surface area contributed by atoms with Gasteiger partial charge in [0, 0.05) is 6.04 Å². The highest BCUT2D eigenvalue weighted by Gasteiger charge is 2.26. The van der Waals surface area contributed by atoms with Crippen molar-refractivity contribution in [3.05, 3.63) is 35.6 Å². The van der Waals surface area contributed by atoms with E-state index in [2.05, 4.69) is 15.8 Å². The van der Waals surface area contributed by atoms with Gasteiger partial charge in [-0.05, 0) is 30.5 Å². The molecule has 0 heterocycles. The smallest absolute Gasteiger partial charge is 0.329 e. The van der Waals surface area contributed by atoms with Crippen LogP contribution in [0.15, 0.2) is 29.4 Å². The molecule has 2 amide bonds. The van der Waals surface area contributed by atoms with Gasteiger partial charge in [0.05, 0.1) is 6.21 Å². The molecule has 5 nitrogen and oxygen atoms in total. The van der Waals surface area contributed by atoms with Gasteiger partial charge in [0.2, 0.25) is 0 Å². The molecule has 6 heteroatoms. The summed E-state index contributed by atoms with van der Waals surface area (Å²) in [6.45, 7) is 0. The molecule has 0 aliphatic heterocycles. The second-order valence-electron chi connectivity index (χ2n) is 4.00. The van der Waals surface area contributed by atoms with E-state index in [1.54, 1.807) is 6.07 Å². The minimum absolute atomic E-state index is 0.121. The fourth-order valence-electron chi connectivity index (χ4n) is 1.28. The van der Waals surface area contributed by atoms with Crippen LogP contribution in [0.3, 0.4) is 0 Å². The Morgan fingerprint density at radius 2 is 2.11 bits per heavy atom. The van der Waals surface area contributed by atoms with Crippen molar-refractivity contribution in [3.8, 4) is 0 Å². The third kappa shape index (κ3) is 3.65. The number of amides is 2. The fourth-order valence-corrected chi connectivity index (χ4v) is 1.28. The van der Waals surface area contributed by atoms with Crippen LogP contribution in [0.1, 0.15) is 18.4 Å². The lowest BCUT2D eigenvalue weighted by Gasteiger charge is -2.00. The maximum atomic E-state index is 12.8. The van der Waals surface area contributed by atoms with Gasteiger partial charge < -0.3 is 5.32 Å².